The van der Waals surface area contributed by atoms with Crippen molar-refractivity contribution < 1.29 is 5.11 Å². The van der Waals surface area contributed by atoms with E-state index in [9.17, 15) is 5.11 Å². The molecular formula is C25H35N5O. The van der Waals surface area contributed by atoms with E-state index in [1.807, 2.05) is 30.5 Å². The number of benzene rings is 1. The van der Waals surface area contributed by atoms with Gasteiger partial charge in [0.05, 0.1) is 11.2 Å². The van der Waals surface area contributed by atoms with Gasteiger partial charge in [0.25, 0.3) is 0 Å². The summed E-state index contributed by atoms with van der Waals surface area (Å²) in [6, 6.07) is 8.14. The van der Waals surface area contributed by atoms with Gasteiger partial charge in [-0.3, -0.25) is 4.99 Å². The van der Waals surface area contributed by atoms with Crippen LogP contribution < -0.4 is 10.2 Å². The number of piperidine rings is 1. The molecule has 0 amide bonds. The molecule has 2 aromatic rings. The maximum Gasteiger partial charge on any atom is 0.151 e. The molecule has 166 valence electrons. The highest BCUT2D eigenvalue weighted by Crippen LogP contribution is 2.36. The quantitative estimate of drug-likeness (QED) is 0.771. The molecule has 0 saturated carbocycles. The van der Waals surface area contributed by atoms with E-state index in [1.54, 1.807) is 0 Å². The Morgan fingerprint density at radius 2 is 1.68 bits per heavy atom. The van der Waals surface area contributed by atoms with Crippen LogP contribution in [-0.4, -0.2) is 51.2 Å². The number of fused-ring (bicyclic) bond motifs is 1. The number of rotatable bonds is 3. The lowest BCUT2D eigenvalue weighted by Crippen LogP contribution is -2.62. The van der Waals surface area contributed by atoms with Crippen molar-refractivity contribution in [3.63, 3.8) is 0 Å². The average Bonchev–Trinajstić information content (AvgIpc) is 2.64. The Morgan fingerprint density at radius 3 is 2.29 bits per heavy atom. The van der Waals surface area contributed by atoms with Crippen LogP contribution in [0.1, 0.15) is 65.5 Å². The minimum absolute atomic E-state index is 0.0685. The van der Waals surface area contributed by atoms with Gasteiger partial charge in [0.2, 0.25) is 0 Å². The number of phenolic OH excluding ortho intramolecular Hbond substituents is 1. The summed E-state index contributed by atoms with van der Waals surface area (Å²) in [5.74, 6) is 1.09. The molecule has 31 heavy (non-hydrogen) atoms. The molecule has 2 aliphatic heterocycles. The number of anilines is 1. The fraction of sp³-hybridized carbons (Fsp3) is 0.560. The third kappa shape index (κ3) is 4.59. The van der Waals surface area contributed by atoms with Crippen LogP contribution in [0.4, 0.5) is 5.82 Å². The molecule has 1 saturated heterocycles. The summed E-state index contributed by atoms with van der Waals surface area (Å²) in [5.41, 5.74) is 3.51. The fourth-order valence-corrected chi connectivity index (χ4v) is 5.27. The number of phenols is 1. The standard InChI is InChI=1S/C25H35N5O/c1-23(2)12-16-11-21(31)19(10-17(16)15-26-23)20-8-9-22(28-27-20)30(7)18-13-24(3,4)29-25(5,6)14-18/h8-11,15,18,29,31H,12-14H2,1-7H3. The van der Waals surface area contributed by atoms with Crippen LogP contribution >= 0.6 is 0 Å². The van der Waals surface area contributed by atoms with Gasteiger partial charge in [0, 0.05) is 35.9 Å². The first kappa shape index (κ1) is 21.8. The van der Waals surface area contributed by atoms with Gasteiger partial charge >= 0.3 is 0 Å². The number of nitrogens with one attached hydrogen (secondary N) is 1. The third-order valence-corrected chi connectivity index (χ3v) is 6.44. The largest absolute Gasteiger partial charge is 0.507 e. The van der Waals surface area contributed by atoms with Crippen LogP contribution in [0.15, 0.2) is 29.3 Å². The minimum Gasteiger partial charge on any atom is -0.507 e. The van der Waals surface area contributed by atoms with Crippen LogP contribution in [0, 0.1) is 0 Å². The Balaban J connectivity index is 1.58. The van der Waals surface area contributed by atoms with E-state index in [2.05, 4.69) is 74.0 Å². The lowest BCUT2D eigenvalue weighted by Gasteiger charge is -2.49. The number of aromatic hydroxyl groups is 1. The minimum atomic E-state index is -0.134. The van der Waals surface area contributed by atoms with E-state index in [-0.39, 0.29) is 22.4 Å². The molecule has 2 aliphatic rings. The molecule has 1 fully saturated rings. The Hall–Kier alpha value is -2.47. The predicted molar refractivity (Wildman–Crippen MR) is 127 cm³/mol. The molecule has 6 nitrogen and oxygen atoms in total. The maximum atomic E-state index is 10.7. The molecule has 4 rings (SSSR count). The first-order valence-corrected chi connectivity index (χ1v) is 11.1. The molecule has 1 aromatic heterocycles. The summed E-state index contributed by atoms with van der Waals surface area (Å²) in [7, 11) is 2.10. The summed E-state index contributed by atoms with van der Waals surface area (Å²) in [6.07, 6.45) is 4.79. The van der Waals surface area contributed by atoms with Crippen LogP contribution in [0.5, 0.6) is 5.75 Å². The number of aliphatic imine (C=N–C) groups is 1. The SMILES string of the molecule is CN(c1ccc(-c2cc3c(cc2O)CC(C)(C)N=C3)nn1)C1CC(C)(C)NC(C)(C)C1. The smallest absolute Gasteiger partial charge is 0.151 e. The molecule has 0 spiro atoms. The van der Waals surface area contributed by atoms with Crippen molar-refractivity contribution in [1.82, 2.24) is 15.5 Å². The zero-order valence-electron chi connectivity index (χ0n) is 19.8. The summed E-state index contributed by atoms with van der Waals surface area (Å²) in [4.78, 5) is 6.86. The fourth-order valence-electron chi connectivity index (χ4n) is 5.27. The van der Waals surface area contributed by atoms with Crippen molar-refractivity contribution in [1.29, 1.82) is 0 Å². The Morgan fingerprint density at radius 1 is 1.00 bits per heavy atom. The third-order valence-electron chi connectivity index (χ3n) is 6.44. The van der Waals surface area contributed by atoms with Gasteiger partial charge < -0.3 is 15.3 Å². The first-order valence-electron chi connectivity index (χ1n) is 11.1. The summed E-state index contributed by atoms with van der Waals surface area (Å²) >= 11 is 0. The Bertz CT molecular complexity index is 991. The number of nitrogens with zero attached hydrogens (tertiary/aromatic N) is 4. The molecule has 0 unspecified atom stereocenters. The second-order valence-corrected chi connectivity index (χ2v) is 11.2. The second-order valence-electron chi connectivity index (χ2n) is 11.2. The van der Waals surface area contributed by atoms with E-state index in [0.29, 0.717) is 17.3 Å². The van der Waals surface area contributed by atoms with Crippen molar-refractivity contribution in [2.75, 3.05) is 11.9 Å². The van der Waals surface area contributed by atoms with Crippen LogP contribution in [0.2, 0.25) is 0 Å². The van der Waals surface area contributed by atoms with E-state index >= 15 is 0 Å². The Labute approximate surface area is 185 Å². The molecule has 0 radical (unpaired) electrons. The topological polar surface area (TPSA) is 73.6 Å². The monoisotopic (exact) mass is 421 g/mol. The zero-order chi connectivity index (χ0) is 22.6. The van der Waals surface area contributed by atoms with Crippen LogP contribution in [0.3, 0.4) is 0 Å². The number of hydrogen-bond donors (Lipinski definition) is 2. The molecule has 1 aromatic carbocycles. The summed E-state index contributed by atoms with van der Waals surface area (Å²) in [5, 5.41) is 23.4. The van der Waals surface area contributed by atoms with Crippen molar-refractivity contribution >= 4 is 12.0 Å². The molecule has 2 N–H and O–H groups in total. The van der Waals surface area contributed by atoms with Crippen molar-refractivity contribution in [2.45, 2.75) is 83.5 Å². The average molecular weight is 422 g/mol. The van der Waals surface area contributed by atoms with E-state index in [1.165, 1.54) is 0 Å². The molecule has 6 heteroatoms. The Kier molecular flexibility index (Phi) is 5.12. The molecule has 0 bridgehead atoms. The molecule has 0 aliphatic carbocycles. The zero-order valence-corrected chi connectivity index (χ0v) is 19.8. The van der Waals surface area contributed by atoms with Crippen LogP contribution in [0.25, 0.3) is 11.3 Å². The first-order chi connectivity index (χ1) is 14.3. The molecule has 3 heterocycles. The summed E-state index contributed by atoms with van der Waals surface area (Å²) < 4.78 is 0. The normalized spacial score (nSPS) is 21.5. The van der Waals surface area contributed by atoms with Gasteiger partial charge in [-0.1, -0.05) is 0 Å². The van der Waals surface area contributed by atoms with Gasteiger partial charge in [-0.05, 0) is 96.2 Å². The van der Waals surface area contributed by atoms with Gasteiger partial charge in [-0.25, -0.2) is 0 Å². The van der Waals surface area contributed by atoms with Crippen molar-refractivity contribution in [3.8, 4) is 17.0 Å². The lowest BCUT2D eigenvalue weighted by molar-refractivity contribution is 0.160. The lowest BCUT2D eigenvalue weighted by atomic mass is 9.79. The number of hydrogen-bond acceptors (Lipinski definition) is 6. The van der Waals surface area contributed by atoms with Crippen molar-refractivity contribution in [3.05, 3.63) is 35.4 Å². The van der Waals surface area contributed by atoms with Crippen molar-refractivity contribution in [2.24, 2.45) is 4.99 Å². The molecular weight excluding hydrogens is 386 g/mol. The van der Waals surface area contributed by atoms with Gasteiger partial charge in [-0.2, -0.15) is 0 Å². The summed E-state index contributed by atoms with van der Waals surface area (Å²) in [6.45, 7) is 13.2. The number of aromatic nitrogens is 2. The highest BCUT2D eigenvalue weighted by atomic mass is 16.3. The second kappa shape index (κ2) is 7.30. The van der Waals surface area contributed by atoms with Gasteiger partial charge in [-0.15, -0.1) is 10.2 Å². The van der Waals surface area contributed by atoms with E-state index in [4.69, 9.17) is 0 Å². The van der Waals surface area contributed by atoms with Gasteiger partial charge in [0.15, 0.2) is 5.82 Å². The predicted octanol–water partition coefficient (Wildman–Crippen LogP) is 4.35. The highest BCUT2D eigenvalue weighted by Gasteiger charge is 2.39. The van der Waals surface area contributed by atoms with Crippen LogP contribution in [-0.2, 0) is 6.42 Å². The maximum absolute atomic E-state index is 10.7. The van der Waals surface area contributed by atoms with E-state index < -0.39 is 0 Å². The molecule has 0 atom stereocenters. The van der Waals surface area contributed by atoms with Gasteiger partial charge in [0.1, 0.15) is 5.75 Å². The van der Waals surface area contributed by atoms with E-state index in [0.717, 1.165) is 36.2 Å². The highest BCUT2D eigenvalue weighted by molar-refractivity contribution is 5.87.